The lowest BCUT2D eigenvalue weighted by atomic mass is 10.2. The summed E-state index contributed by atoms with van der Waals surface area (Å²) in [7, 11) is -2.02. The van der Waals surface area contributed by atoms with E-state index in [1.807, 2.05) is 0 Å². The first kappa shape index (κ1) is 25.6. The largest absolute Gasteiger partial charge is 0.444 e. The number of fused-ring (bicyclic) bond motifs is 1. The lowest BCUT2D eigenvalue weighted by molar-refractivity contribution is 0.0522. The molecule has 0 aliphatic carbocycles. The zero-order valence-corrected chi connectivity index (χ0v) is 20.0. The van der Waals surface area contributed by atoms with Crippen molar-refractivity contribution in [3.05, 3.63) is 26.7 Å². The van der Waals surface area contributed by atoms with E-state index in [0.29, 0.717) is 25.1 Å². The van der Waals surface area contributed by atoms with Gasteiger partial charge in [0, 0.05) is 13.6 Å². The van der Waals surface area contributed by atoms with Crippen LogP contribution in [0.25, 0.3) is 11.2 Å². The van der Waals surface area contributed by atoms with Gasteiger partial charge in [-0.15, -0.1) is 0 Å². The van der Waals surface area contributed by atoms with Gasteiger partial charge in [-0.1, -0.05) is 0 Å². The second-order valence-electron chi connectivity index (χ2n) is 8.64. The Labute approximate surface area is 186 Å². The molecule has 2 heterocycles. The highest BCUT2D eigenvalue weighted by Gasteiger charge is 2.18. The minimum absolute atomic E-state index is 0.00452. The number of nitrogens with zero attached hydrogens (tertiary/aromatic N) is 3. The molecular formula is C19H31N5O7S. The minimum Gasteiger partial charge on any atom is -0.444 e. The smallest absolute Gasteiger partial charge is 0.408 e. The molecule has 2 aromatic heterocycles. The van der Waals surface area contributed by atoms with Gasteiger partial charge in [0.1, 0.15) is 16.9 Å². The number of aromatic amines is 1. The third-order valence-electron chi connectivity index (χ3n) is 4.41. The molecule has 0 bridgehead atoms. The molecule has 180 valence electrons. The van der Waals surface area contributed by atoms with Crippen molar-refractivity contribution < 1.29 is 22.1 Å². The highest BCUT2D eigenvalue weighted by molar-refractivity contribution is 7.86. The number of carbonyl (C=O) groups is 1. The van der Waals surface area contributed by atoms with Gasteiger partial charge in [-0.05, 0) is 47.0 Å². The Balaban J connectivity index is 2.10. The summed E-state index contributed by atoms with van der Waals surface area (Å²) in [6.07, 6.45) is 1.40. The van der Waals surface area contributed by atoms with Gasteiger partial charge in [-0.3, -0.25) is 18.1 Å². The Bertz CT molecular complexity index is 1190. The van der Waals surface area contributed by atoms with Gasteiger partial charge in [-0.2, -0.15) is 8.42 Å². The number of aromatic nitrogens is 4. The highest BCUT2D eigenvalue weighted by atomic mass is 32.2. The Morgan fingerprint density at radius 3 is 2.50 bits per heavy atom. The van der Waals surface area contributed by atoms with Gasteiger partial charge < -0.3 is 15.0 Å². The Kier molecular flexibility index (Phi) is 7.88. The molecular weight excluding hydrogens is 442 g/mol. The molecule has 0 aliphatic heterocycles. The third kappa shape index (κ3) is 7.19. The van der Waals surface area contributed by atoms with Gasteiger partial charge in [-0.25, -0.2) is 14.6 Å². The zero-order valence-electron chi connectivity index (χ0n) is 19.2. The molecule has 0 aliphatic rings. The number of amides is 1. The maximum absolute atomic E-state index is 12.8. The average Bonchev–Trinajstić information content (AvgIpc) is 3.06. The molecule has 13 heteroatoms. The number of alkyl carbamates (subject to hydrolysis) is 1. The number of rotatable bonds is 9. The number of carbonyl (C=O) groups excluding carboxylic acids is 1. The van der Waals surface area contributed by atoms with Crippen LogP contribution in [0.2, 0.25) is 0 Å². The van der Waals surface area contributed by atoms with E-state index in [2.05, 4.69) is 15.3 Å². The Hall–Kier alpha value is -2.67. The van der Waals surface area contributed by atoms with Crippen LogP contribution < -0.4 is 16.6 Å². The highest BCUT2D eigenvalue weighted by Crippen LogP contribution is 2.09. The molecule has 0 saturated heterocycles. The van der Waals surface area contributed by atoms with E-state index in [-0.39, 0.29) is 24.3 Å². The molecule has 12 nitrogen and oxygen atoms in total. The molecule has 2 N–H and O–H groups in total. The first-order valence-corrected chi connectivity index (χ1v) is 12.0. The fraction of sp³-hybridized carbons (Fsp3) is 0.684. The van der Waals surface area contributed by atoms with Crippen molar-refractivity contribution in [3.8, 4) is 0 Å². The molecule has 32 heavy (non-hydrogen) atoms. The number of hydrogen-bond donors (Lipinski definition) is 2. The van der Waals surface area contributed by atoms with Crippen LogP contribution >= 0.6 is 0 Å². The number of imidazole rings is 1. The van der Waals surface area contributed by atoms with E-state index in [1.165, 1.54) is 11.6 Å². The van der Waals surface area contributed by atoms with E-state index < -0.39 is 39.2 Å². The van der Waals surface area contributed by atoms with Gasteiger partial charge in [0.25, 0.3) is 15.7 Å². The first-order valence-electron chi connectivity index (χ1n) is 10.2. The lowest BCUT2D eigenvalue weighted by Gasteiger charge is -2.19. The van der Waals surface area contributed by atoms with Crippen molar-refractivity contribution >= 4 is 27.4 Å². The van der Waals surface area contributed by atoms with E-state index in [0.717, 1.165) is 10.8 Å². The van der Waals surface area contributed by atoms with Gasteiger partial charge in [0.2, 0.25) is 0 Å². The maximum Gasteiger partial charge on any atom is 0.408 e. The Morgan fingerprint density at radius 2 is 1.91 bits per heavy atom. The molecule has 1 amide bonds. The predicted molar refractivity (Wildman–Crippen MR) is 118 cm³/mol. The van der Waals surface area contributed by atoms with E-state index in [9.17, 15) is 22.8 Å². The van der Waals surface area contributed by atoms with Crippen molar-refractivity contribution in [2.75, 3.05) is 6.26 Å². The summed E-state index contributed by atoms with van der Waals surface area (Å²) < 4.78 is 34.7. The standard InChI is InChI=1S/C19H31N5O7S/c1-12(31-32(6,28)29)9-7-8-10-24-16(25)14-15(23(5)18(24)27)22-13(21-14)11-20-17(26)30-19(2,3)4/h12H,7-11H2,1-6H3,(H,20,26)(H,21,22)/t12-/m0/s1. The summed E-state index contributed by atoms with van der Waals surface area (Å²) in [4.78, 5) is 44.4. The molecule has 0 fully saturated rings. The number of hydrogen-bond acceptors (Lipinski definition) is 8. The summed E-state index contributed by atoms with van der Waals surface area (Å²) in [5, 5.41) is 2.55. The molecule has 0 spiro atoms. The molecule has 0 aromatic carbocycles. The molecule has 0 radical (unpaired) electrons. The van der Waals surface area contributed by atoms with Crippen LogP contribution in [0.5, 0.6) is 0 Å². The van der Waals surface area contributed by atoms with Crippen molar-refractivity contribution in [2.45, 2.75) is 71.8 Å². The van der Waals surface area contributed by atoms with Gasteiger partial charge in [0.05, 0.1) is 18.9 Å². The zero-order chi connectivity index (χ0) is 24.3. The molecule has 0 saturated carbocycles. The van der Waals surface area contributed by atoms with Gasteiger partial charge in [0.15, 0.2) is 5.65 Å². The van der Waals surface area contributed by atoms with Crippen LogP contribution in [0.15, 0.2) is 9.59 Å². The van der Waals surface area contributed by atoms with Crippen LogP contribution in [0.1, 0.15) is 52.8 Å². The number of unbranched alkanes of at least 4 members (excludes halogenated alkanes) is 1. The third-order valence-corrected chi connectivity index (χ3v) is 5.09. The molecule has 1 atom stereocenters. The van der Waals surface area contributed by atoms with Crippen molar-refractivity contribution in [1.29, 1.82) is 0 Å². The second kappa shape index (κ2) is 9.86. The van der Waals surface area contributed by atoms with Crippen LogP contribution in [-0.4, -0.2) is 51.6 Å². The van der Waals surface area contributed by atoms with E-state index in [4.69, 9.17) is 8.92 Å². The molecule has 0 unspecified atom stereocenters. The van der Waals surface area contributed by atoms with Crippen molar-refractivity contribution in [3.63, 3.8) is 0 Å². The quantitative estimate of drug-likeness (QED) is 0.403. The van der Waals surface area contributed by atoms with E-state index >= 15 is 0 Å². The summed E-state index contributed by atoms with van der Waals surface area (Å²) in [5.41, 5.74) is -1.33. The normalized spacial score (nSPS) is 13.3. The number of ether oxygens (including phenoxy) is 1. The average molecular weight is 474 g/mol. The van der Waals surface area contributed by atoms with Crippen LogP contribution in [0, 0.1) is 0 Å². The molecule has 2 aromatic rings. The van der Waals surface area contributed by atoms with Crippen LogP contribution in [-0.2, 0) is 39.2 Å². The summed E-state index contributed by atoms with van der Waals surface area (Å²) >= 11 is 0. The topological polar surface area (TPSA) is 154 Å². The molecule has 2 rings (SSSR count). The second-order valence-corrected chi connectivity index (χ2v) is 10.2. The monoisotopic (exact) mass is 473 g/mol. The van der Waals surface area contributed by atoms with Crippen LogP contribution in [0.4, 0.5) is 4.79 Å². The number of nitrogens with one attached hydrogen (secondary N) is 2. The number of aryl methyl sites for hydroxylation is 1. The SMILES string of the molecule is C[C@@H](CCCCn1c(=O)c2[nH]c(CNC(=O)OC(C)(C)C)nc2n(C)c1=O)OS(C)(=O)=O. The summed E-state index contributed by atoms with van der Waals surface area (Å²) in [6.45, 7) is 7.03. The fourth-order valence-corrected chi connectivity index (χ4v) is 3.79. The number of H-pyrrole nitrogens is 1. The summed E-state index contributed by atoms with van der Waals surface area (Å²) in [5.74, 6) is 0.308. The Morgan fingerprint density at radius 1 is 1.25 bits per heavy atom. The predicted octanol–water partition coefficient (Wildman–Crippen LogP) is 0.983. The van der Waals surface area contributed by atoms with Gasteiger partial charge >= 0.3 is 11.8 Å². The van der Waals surface area contributed by atoms with Crippen molar-refractivity contribution in [1.82, 2.24) is 24.4 Å². The fourth-order valence-electron chi connectivity index (χ4n) is 3.10. The van der Waals surface area contributed by atoms with Crippen LogP contribution in [0.3, 0.4) is 0 Å². The summed E-state index contributed by atoms with van der Waals surface area (Å²) in [6, 6.07) is 0. The minimum atomic E-state index is -3.53. The van der Waals surface area contributed by atoms with Crippen molar-refractivity contribution in [2.24, 2.45) is 7.05 Å². The first-order chi connectivity index (χ1) is 14.7. The lowest BCUT2D eigenvalue weighted by Crippen LogP contribution is -2.39. The maximum atomic E-state index is 12.8. The van der Waals surface area contributed by atoms with E-state index in [1.54, 1.807) is 27.7 Å².